The van der Waals surface area contributed by atoms with Crippen molar-refractivity contribution in [2.45, 2.75) is 45.4 Å². The van der Waals surface area contributed by atoms with Crippen molar-refractivity contribution in [1.82, 2.24) is 0 Å². The number of rotatable bonds is 10. The Hall–Kier alpha value is -0.540. The summed E-state index contributed by atoms with van der Waals surface area (Å²) >= 11 is 0. The molecule has 0 aromatic rings. The number of halogens is 3. The standard InChI is InChI=1S/C12H21F3O/c1-2-3-4-5-6-7-11(16)12(8-13,9-14)10-15/h2-10H2,1H3. The first kappa shape index (κ1) is 15.5. The van der Waals surface area contributed by atoms with Crippen LogP contribution in [0.2, 0.25) is 0 Å². The van der Waals surface area contributed by atoms with E-state index >= 15 is 0 Å². The van der Waals surface area contributed by atoms with Crippen LogP contribution in [0.4, 0.5) is 13.2 Å². The third-order valence-corrected chi connectivity index (χ3v) is 2.87. The van der Waals surface area contributed by atoms with Crippen LogP contribution < -0.4 is 0 Å². The first-order chi connectivity index (χ1) is 7.66. The van der Waals surface area contributed by atoms with Crippen LogP contribution >= 0.6 is 0 Å². The maximum Gasteiger partial charge on any atom is 0.146 e. The maximum absolute atomic E-state index is 12.5. The molecule has 4 heteroatoms. The molecule has 1 nitrogen and oxygen atoms in total. The molecule has 0 bridgehead atoms. The number of alkyl halides is 3. The molecule has 0 aromatic heterocycles. The van der Waals surface area contributed by atoms with E-state index in [1.54, 1.807) is 0 Å². The van der Waals surface area contributed by atoms with E-state index in [4.69, 9.17) is 0 Å². The number of hydrogen-bond acceptors (Lipinski definition) is 1. The van der Waals surface area contributed by atoms with E-state index in [1.807, 2.05) is 0 Å². The van der Waals surface area contributed by atoms with Crippen LogP contribution in [0.1, 0.15) is 45.4 Å². The average Bonchev–Trinajstić information content (AvgIpc) is 2.32. The van der Waals surface area contributed by atoms with E-state index in [-0.39, 0.29) is 6.42 Å². The van der Waals surface area contributed by atoms with Crippen LogP contribution in [-0.2, 0) is 4.79 Å². The second-order valence-corrected chi connectivity index (χ2v) is 4.27. The van der Waals surface area contributed by atoms with Gasteiger partial charge >= 0.3 is 0 Å². The van der Waals surface area contributed by atoms with Crippen molar-refractivity contribution in [3.8, 4) is 0 Å². The highest BCUT2D eigenvalue weighted by molar-refractivity contribution is 5.85. The third kappa shape index (κ3) is 4.54. The van der Waals surface area contributed by atoms with Crippen LogP contribution in [0.15, 0.2) is 0 Å². The van der Waals surface area contributed by atoms with Gasteiger partial charge in [0, 0.05) is 6.42 Å². The van der Waals surface area contributed by atoms with Gasteiger partial charge in [-0.1, -0.05) is 32.6 Å². The third-order valence-electron chi connectivity index (χ3n) is 2.87. The number of Topliss-reactive ketones (excluding diaryl/α,β-unsaturated/α-hetero) is 1. The summed E-state index contributed by atoms with van der Waals surface area (Å²) < 4.78 is 37.5. The van der Waals surface area contributed by atoms with E-state index in [9.17, 15) is 18.0 Å². The van der Waals surface area contributed by atoms with Gasteiger partial charge in [0.1, 0.15) is 31.2 Å². The van der Waals surface area contributed by atoms with Gasteiger partial charge in [-0.25, -0.2) is 13.2 Å². The fourth-order valence-corrected chi connectivity index (χ4v) is 1.48. The summed E-state index contributed by atoms with van der Waals surface area (Å²) in [5.74, 6) is -0.614. The summed E-state index contributed by atoms with van der Waals surface area (Å²) in [5.41, 5.74) is -2.01. The van der Waals surface area contributed by atoms with E-state index < -0.39 is 31.2 Å². The van der Waals surface area contributed by atoms with Crippen LogP contribution in [0.25, 0.3) is 0 Å². The SMILES string of the molecule is CCCCCCCC(=O)C(CF)(CF)CF. The Morgan fingerprint density at radius 1 is 0.938 bits per heavy atom. The normalized spacial score (nSPS) is 11.8. The Labute approximate surface area is 95.4 Å². The molecule has 0 aliphatic heterocycles. The summed E-state index contributed by atoms with van der Waals surface area (Å²) in [5, 5.41) is 0. The van der Waals surface area contributed by atoms with Crippen molar-refractivity contribution >= 4 is 5.78 Å². The summed E-state index contributed by atoms with van der Waals surface area (Å²) in [6.07, 6.45) is 4.74. The lowest BCUT2D eigenvalue weighted by Gasteiger charge is -2.22. The van der Waals surface area contributed by atoms with Gasteiger partial charge in [0.2, 0.25) is 0 Å². The molecule has 0 heterocycles. The smallest absolute Gasteiger partial charge is 0.146 e. The minimum absolute atomic E-state index is 0.0848. The van der Waals surface area contributed by atoms with E-state index in [1.165, 1.54) is 0 Å². The molecule has 0 radical (unpaired) electrons. The minimum atomic E-state index is -2.01. The highest BCUT2D eigenvalue weighted by Crippen LogP contribution is 2.24. The van der Waals surface area contributed by atoms with Gasteiger partial charge in [-0.05, 0) is 6.42 Å². The highest BCUT2D eigenvalue weighted by Gasteiger charge is 2.38. The van der Waals surface area contributed by atoms with Crippen LogP contribution in [-0.4, -0.2) is 25.8 Å². The van der Waals surface area contributed by atoms with Gasteiger partial charge in [-0.15, -0.1) is 0 Å². The average molecular weight is 238 g/mol. The quantitative estimate of drug-likeness (QED) is 0.529. The molecule has 0 aromatic carbocycles. The molecule has 0 amide bonds. The maximum atomic E-state index is 12.5. The zero-order chi connectivity index (χ0) is 12.4. The second kappa shape index (κ2) is 8.59. The first-order valence-electron chi connectivity index (χ1n) is 5.88. The van der Waals surface area contributed by atoms with Crippen molar-refractivity contribution in [2.24, 2.45) is 5.41 Å². The zero-order valence-electron chi connectivity index (χ0n) is 9.91. The van der Waals surface area contributed by atoms with Crippen LogP contribution in [0.5, 0.6) is 0 Å². The lowest BCUT2D eigenvalue weighted by molar-refractivity contribution is -0.132. The second-order valence-electron chi connectivity index (χ2n) is 4.27. The molecule has 0 rings (SSSR count). The van der Waals surface area contributed by atoms with Gasteiger partial charge in [0.25, 0.3) is 0 Å². The molecule has 0 fully saturated rings. The fourth-order valence-electron chi connectivity index (χ4n) is 1.48. The molecule has 0 unspecified atom stereocenters. The van der Waals surface area contributed by atoms with Gasteiger partial charge in [0.15, 0.2) is 0 Å². The van der Waals surface area contributed by atoms with E-state index in [0.717, 1.165) is 25.7 Å². The molecule has 0 aliphatic carbocycles. The molecule has 0 atom stereocenters. The Morgan fingerprint density at radius 3 is 1.88 bits per heavy atom. The topological polar surface area (TPSA) is 17.1 Å². The van der Waals surface area contributed by atoms with Gasteiger partial charge in [-0.2, -0.15) is 0 Å². The van der Waals surface area contributed by atoms with Crippen molar-refractivity contribution in [1.29, 1.82) is 0 Å². The van der Waals surface area contributed by atoms with Crippen LogP contribution in [0.3, 0.4) is 0 Å². The summed E-state index contributed by atoms with van der Waals surface area (Å²) in [6.45, 7) is -1.65. The Morgan fingerprint density at radius 2 is 1.44 bits per heavy atom. The Balaban J connectivity index is 3.93. The molecule has 16 heavy (non-hydrogen) atoms. The largest absolute Gasteiger partial charge is 0.299 e. The van der Waals surface area contributed by atoms with Gasteiger partial charge in [-0.3, -0.25) is 4.79 Å². The molecule has 0 saturated carbocycles. The molecule has 0 N–H and O–H groups in total. The highest BCUT2D eigenvalue weighted by atomic mass is 19.1. The lowest BCUT2D eigenvalue weighted by atomic mass is 9.85. The molecule has 96 valence electrons. The van der Waals surface area contributed by atoms with Crippen LogP contribution in [0, 0.1) is 5.41 Å². The number of carbonyl (C=O) groups excluding carboxylic acids is 1. The molecule has 0 aliphatic rings. The zero-order valence-corrected chi connectivity index (χ0v) is 9.91. The molecule has 0 spiro atoms. The summed E-state index contributed by atoms with van der Waals surface area (Å²) in [7, 11) is 0. The molecule has 0 saturated heterocycles. The van der Waals surface area contributed by atoms with E-state index in [0.29, 0.717) is 6.42 Å². The van der Waals surface area contributed by atoms with E-state index in [2.05, 4.69) is 6.92 Å². The summed E-state index contributed by atoms with van der Waals surface area (Å²) in [6, 6.07) is 0. The predicted octanol–water partition coefficient (Wildman–Crippen LogP) is 3.81. The van der Waals surface area contributed by atoms with Crippen molar-refractivity contribution in [2.75, 3.05) is 20.0 Å². The Kier molecular flexibility index (Phi) is 8.30. The molecular weight excluding hydrogens is 217 g/mol. The minimum Gasteiger partial charge on any atom is -0.299 e. The fraction of sp³-hybridized carbons (Fsp3) is 0.917. The molecular formula is C12H21F3O. The van der Waals surface area contributed by atoms with Crippen molar-refractivity contribution < 1.29 is 18.0 Å². The Bertz CT molecular complexity index is 182. The van der Waals surface area contributed by atoms with Gasteiger partial charge in [0.05, 0.1) is 0 Å². The van der Waals surface area contributed by atoms with Crippen molar-refractivity contribution in [3.63, 3.8) is 0 Å². The monoisotopic (exact) mass is 238 g/mol. The van der Waals surface area contributed by atoms with Gasteiger partial charge < -0.3 is 0 Å². The lowest BCUT2D eigenvalue weighted by Crippen LogP contribution is -2.38. The summed E-state index contributed by atoms with van der Waals surface area (Å²) in [4.78, 5) is 11.5. The number of hydrogen-bond donors (Lipinski definition) is 0. The first-order valence-corrected chi connectivity index (χ1v) is 5.88. The number of carbonyl (C=O) groups is 1. The van der Waals surface area contributed by atoms with Crippen molar-refractivity contribution in [3.05, 3.63) is 0 Å². The number of unbranched alkanes of at least 4 members (excludes halogenated alkanes) is 4. The number of ketones is 1. The predicted molar refractivity (Wildman–Crippen MR) is 58.7 cm³/mol.